The number of nitrogens with zero attached hydrogens (tertiary/aromatic N) is 1. The van der Waals surface area contributed by atoms with Crippen molar-refractivity contribution < 1.29 is 27.1 Å². The summed E-state index contributed by atoms with van der Waals surface area (Å²) >= 11 is 0. The average molecular weight is 424 g/mol. The number of para-hydroxylation sites is 1. The lowest BCUT2D eigenvalue weighted by molar-refractivity contribution is -0.121. The van der Waals surface area contributed by atoms with Crippen molar-refractivity contribution in [2.24, 2.45) is 0 Å². The SMILES string of the molecule is CCN(CC(=O)N[C@@H](C)c1ccccc1OC)S(=O)(=O)c1cc(F)ccc1OC. The van der Waals surface area contributed by atoms with E-state index in [1.165, 1.54) is 20.3 Å². The Bertz CT molecular complexity index is 965. The summed E-state index contributed by atoms with van der Waals surface area (Å²) < 4.78 is 50.9. The van der Waals surface area contributed by atoms with Gasteiger partial charge in [-0.15, -0.1) is 0 Å². The molecule has 0 heterocycles. The third-order valence-electron chi connectivity index (χ3n) is 4.40. The van der Waals surface area contributed by atoms with Crippen molar-refractivity contribution in [1.82, 2.24) is 9.62 Å². The van der Waals surface area contributed by atoms with E-state index in [0.29, 0.717) is 5.75 Å². The molecular formula is C20H25FN2O5S. The van der Waals surface area contributed by atoms with Crippen molar-refractivity contribution in [1.29, 1.82) is 0 Å². The second kappa shape index (κ2) is 9.71. The lowest BCUT2D eigenvalue weighted by Gasteiger charge is -2.23. The molecule has 0 bridgehead atoms. The Balaban J connectivity index is 2.20. The number of carbonyl (C=O) groups is 1. The van der Waals surface area contributed by atoms with Crippen molar-refractivity contribution >= 4 is 15.9 Å². The molecular weight excluding hydrogens is 399 g/mol. The van der Waals surface area contributed by atoms with E-state index in [4.69, 9.17) is 9.47 Å². The predicted molar refractivity (Wildman–Crippen MR) is 107 cm³/mol. The molecule has 1 N–H and O–H groups in total. The van der Waals surface area contributed by atoms with Crippen LogP contribution >= 0.6 is 0 Å². The lowest BCUT2D eigenvalue weighted by Crippen LogP contribution is -2.41. The molecule has 7 nitrogen and oxygen atoms in total. The maximum absolute atomic E-state index is 13.6. The zero-order valence-corrected chi connectivity index (χ0v) is 17.6. The van der Waals surface area contributed by atoms with Gasteiger partial charge < -0.3 is 14.8 Å². The molecule has 1 atom stereocenters. The molecule has 1 amide bonds. The first-order chi connectivity index (χ1) is 13.7. The second-order valence-corrected chi connectivity index (χ2v) is 8.16. The number of ether oxygens (including phenoxy) is 2. The minimum Gasteiger partial charge on any atom is -0.496 e. The molecule has 0 radical (unpaired) electrons. The Morgan fingerprint density at radius 2 is 1.79 bits per heavy atom. The Morgan fingerprint density at radius 3 is 2.41 bits per heavy atom. The quantitative estimate of drug-likeness (QED) is 0.669. The number of hydrogen-bond acceptors (Lipinski definition) is 5. The van der Waals surface area contributed by atoms with Crippen LogP contribution in [0.5, 0.6) is 11.5 Å². The first-order valence-electron chi connectivity index (χ1n) is 9.00. The average Bonchev–Trinajstić information content (AvgIpc) is 2.71. The van der Waals surface area contributed by atoms with Gasteiger partial charge in [-0.05, 0) is 31.2 Å². The number of amides is 1. The molecule has 0 aliphatic rings. The Morgan fingerprint density at radius 1 is 1.14 bits per heavy atom. The molecule has 0 aliphatic carbocycles. The Kier molecular flexibility index (Phi) is 7.58. The molecule has 0 fully saturated rings. The van der Waals surface area contributed by atoms with E-state index in [1.54, 1.807) is 19.9 Å². The third-order valence-corrected chi connectivity index (χ3v) is 6.34. The number of likely N-dealkylation sites (N-methyl/N-ethyl adjacent to an activating group) is 1. The number of hydrogen-bond donors (Lipinski definition) is 1. The van der Waals surface area contributed by atoms with Crippen molar-refractivity contribution in [3.63, 3.8) is 0 Å². The summed E-state index contributed by atoms with van der Waals surface area (Å²) in [7, 11) is -1.31. The molecule has 0 unspecified atom stereocenters. The maximum atomic E-state index is 13.6. The van der Waals surface area contributed by atoms with Crippen LogP contribution in [0.2, 0.25) is 0 Å². The van der Waals surface area contributed by atoms with Gasteiger partial charge in [-0.1, -0.05) is 25.1 Å². The fourth-order valence-electron chi connectivity index (χ4n) is 2.91. The van der Waals surface area contributed by atoms with Gasteiger partial charge in [-0.3, -0.25) is 4.79 Å². The zero-order chi connectivity index (χ0) is 21.6. The first-order valence-corrected chi connectivity index (χ1v) is 10.4. The number of rotatable bonds is 9. The van der Waals surface area contributed by atoms with Gasteiger partial charge in [0, 0.05) is 12.1 Å². The molecule has 2 rings (SSSR count). The smallest absolute Gasteiger partial charge is 0.247 e. The van der Waals surface area contributed by atoms with Crippen LogP contribution in [0.15, 0.2) is 47.4 Å². The second-order valence-electron chi connectivity index (χ2n) is 6.26. The van der Waals surface area contributed by atoms with Gasteiger partial charge in [0.15, 0.2) is 0 Å². The van der Waals surface area contributed by atoms with Crippen molar-refractivity contribution in [2.45, 2.75) is 24.8 Å². The van der Waals surface area contributed by atoms with Crippen LogP contribution in [0, 0.1) is 5.82 Å². The van der Waals surface area contributed by atoms with E-state index >= 15 is 0 Å². The standard InChI is InChI=1S/C20H25FN2O5S/c1-5-23(29(25,26)19-12-15(21)10-11-18(19)28-4)13-20(24)22-14(2)16-8-6-7-9-17(16)27-3/h6-12,14H,5,13H2,1-4H3,(H,22,24)/t14-/m0/s1. The van der Waals surface area contributed by atoms with Gasteiger partial charge in [0.05, 0.1) is 26.8 Å². The summed E-state index contributed by atoms with van der Waals surface area (Å²) in [4.78, 5) is 12.2. The van der Waals surface area contributed by atoms with E-state index in [0.717, 1.165) is 22.0 Å². The van der Waals surface area contributed by atoms with Gasteiger partial charge in [-0.2, -0.15) is 4.31 Å². The molecule has 29 heavy (non-hydrogen) atoms. The maximum Gasteiger partial charge on any atom is 0.247 e. The highest BCUT2D eigenvalue weighted by atomic mass is 32.2. The summed E-state index contributed by atoms with van der Waals surface area (Å²) in [5.74, 6) is -0.587. The van der Waals surface area contributed by atoms with Crippen molar-refractivity contribution in [2.75, 3.05) is 27.3 Å². The van der Waals surface area contributed by atoms with Crippen molar-refractivity contribution in [3.8, 4) is 11.5 Å². The molecule has 0 aliphatic heterocycles. The topological polar surface area (TPSA) is 84.9 Å². The van der Waals surface area contributed by atoms with Gasteiger partial charge in [0.1, 0.15) is 22.2 Å². The number of nitrogens with one attached hydrogen (secondary N) is 1. The molecule has 0 saturated carbocycles. The van der Waals surface area contributed by atoms with E-state index in [2.05, 4.69) is 5.32 Å². The van der Waals surface area contributed by atoms with Crippen LogP contribution in [0.25, 0.3) is 0 Å². The molecule has 9 heteroatoms. The van der Waals surface area contributed by atoms with Crippen LogP contribution in [-0.4, -0.2) is 45.9 Å². The Hall–Kier alpha value is -2.65. The molecule has 2 aromatic rings. The molecule has 158 valence electrons. The molecule has 2 aromatic carbocycles. The highest BCUT2D eigenvalue weighted by Gasteiger charge is 2.29. The van der Waals surface area contributed by atoms with Crippen LogP contribution in [0.4, 0.5) is 4.39 Å². The first kappa shape index (κ1) is 22.6. The van der Waals surface area contributed by atoms with Gasteiger partial charge in [0.25, 0.3) is 0 Å². The molecule has 0 spiro atoms. The fourth-order valence-corrected chi connectivity index (χ4v) is 4.48. The van der Waals surface area contributed by atoms with E-state index in [9.17, 15) is 17.6 Å². The number of benzene rings is 2. The summed E-state index contributed by atoms with van der Waals surface area (Å²) in [5.41, 5.74) is 0.765. The molecule has 0 saturated heterocycles. The van der Waals surface area contributed by atoms with Crippen LogP contribution in [0.3, 0.4) is 0 Å². The monoisotopic (exact) mass is 424 g/mol. The van der Waals surface area contributed by atoms with Crippen molar-refractivity contribution in [3.05, 3.63) is 53.8 Å². The largest absolute Gasteiger partial charge is 0.496 e. The zero-order valence-electron chi connectivity index (χ0n) is 16.8. The minimum absolute atomic E-state index is 0.00708. The van der Waals surface area contributed by atoms with Crippen LogP contribution < -0.4 is 14.8 Å². The lowest BCUT2D eigenvalue weighted by atomic mass is 10.1. The van der Waals surface area contributed by atoms with Gasteiger partial charge in [-0.25, -0.2) is 12.8 Å². The highest BCUT2D eigenvalue weighted by molar-refractivity contribution is 7.89. The van der Waals surface area contributed by atoms with Crippen LogP contribution in [-0.2, 0) is 14.8 Å². The number of methoxy groups -OCH3 is 2. The van der Waals surface area contributed by atoms with Gasteiger partial charge >= 0.3 is 0 Å². The number of carbonyl (C=O) groups excluding carboxylic acids is 1. The van der Waals surface area contributed by atoms with Gasteiger partial charge in [0.2, 0.25) is 15.9 Å². The normalized spacial score (nSPS) is 12.5. The van der Waals surface area contributed by atoms with Crippen LogP contribution in [0.1, 0.15) is 25.5 Å². The van der Waals surface area contributed by atoms with E-state index in [-0.39, 0.29) is 17.2 Å². The summed E-state index contributed by atoms with van der Waals surface area (Å²) in [5, 5.41) is 2.77. The highest BCUT2D eigenvalue weighted by Crippen LogP contribution is 2.28. The summed E-state index contributed by atoms with van der Waals surface area (Å²) in [6.45, 7) is 2.98. The van der Waals surface area contributed by atoms with E-state index in [1.807, 2.05) is 18.2 Å². The minimum atomic E-state index is -4.14. The predicted octanol–water partition coefficient (Wildman–Crippen LogP) is 2.73. The fraction of sp³-hybridized carbons (Fsp3) is 0.350. The number of halogens is 1. The molecule has 0 aromatic heterocycles. The summed E-state index contributed by atoms with van der Waals surface area (Å²) in [6, 6.07) is 10.0. The van der Waals surface area contributed by atoms with E-state index < -0.39 is 34.3 Å². The number of sulfonamides is 1. The Labute approximate surface area is 170 Å². The third kappa shape index (κ3) is 5.24. The summed E-state index contributed by atoms with van der Waals surface area (Å²) in [6.07, 6.45) is 0.